The van der Waals surface area contributed by atoms with Gasteiger partial charge in [0.15, 0.2) is 0 Å². The van der Waals surface area contributed by atoms with E-state index < -0.39 is 13.7 Å². The first-order valence-corrected chi connectivity index (χ1v) is 9.70. The van der Waals surface area contributed by atoms with E-state index in [9.17, 15) is 0 Å². The van der Waals surface area contributed by atoms with Gasteiger partial charge in [0.1, 0.15) is 0 Å². The second-order valence-corrected chi connectivity index (χ2v) is 11.0. The van der Waals surface area contributed by atoms with Crippen molar-refractivity contribution >= 4 is 35.0 Å². The molecule has 0 fully saturated rings. The van der Waals surface area contributed by atoms with Gasteiger partial charge in [0.2, 0.25) is 0 Å². The number of nitrogens with one attached hydrogen (secondary N) is 1. The van der Waals surface area contributed by atoms with Crippen LogP contribution in [0.5, 0.6) is 0 Å². The molecule has 2 aromatic rings. The van der Waals surface area contributed by atoms with Gasteiger partial charge < -0.3 is 0 Å². The Hall–Kier alpha value is -0.108. The third-order valence-electron chi connectivity index (χ3n) is 1.55. The second-order valence-electron chi connectivity index (χ2n) is 2.53. The molecule has 0 unspecified atom stereocenters. The zero-order valence-electron chi connectivity index (χ0n) is 7.31. The van der Waals surface area contributed by atoms with Crippen molar-refractivity contribution in [1.82, 2.24) is 9.97 Å². The third-order valence-corrected chi connectivity index (χ3v) is 7.32. The molecule has 0 radical (unpaired) electrons. The summed E-state index contributed by atoms with van der Waals surface area (Å²) in [5, 5.41) is 0.588. The van der Waals surface area contributed by atoms with Crippen molar-refractivity contribution in [3.05, 3.63) is 41.9 Å². The molecule has 3 nitrogen and oxygen atoms in total. The quantitative estimate of drug-likeness (QED) is 0.818. The first kappa shape index (κ1) is 11.4. The Morgan fingerprint density at radius 1 is 1.40 bits per heavy atom. The number of nitrogens with zero attached hydrogens (tertiary/aromatic N) is 2. The number of aromatic amines is 1. The van der Waals surface area contributed by atoms with Crippen LogP contribution in [0.3, 0.4) is 0 Å². The average Bonchev–Trinajstić information content (AvgIpc) is 2.71. The molecule has 7 heteroatoms. The zero-order chi connectivity index (χ0) is 10.9. The molecule has 2 rings (SSSR count). The molecule has 0 atom stereocenters. The predicted molar refractivity (Wildman–Crippen MR) is 57.0 cm³/mol. The number of pyridine rings is 1. The number of rotatable bonds is 2. The summed E-state index contributed by atoms with van der Waals surface area (Å²) < 4.78 is 2.31. The molecule has 84 valence electrons. The third kappa shape index (κ3) is 2.35. The van der Waals surface area contributed by atoms with Crippen LogP contribution in [0.1, 0.15) is 0 Å². The van der Waals surface area contributed by atoms with Crippen LogP contribution in [-0.4, -0.2) is 9.97 Å². The molecule has 0 aliphatic carbocycles. The second kappa shape index (κ2) is 4.41. The predicted octanol–water partition coefficient (Wildman–Crippen LogP) is 1.90. The van der Waals surface area contributed by atoms with Crippen molar-refractivity contribution in [2.45, 2.75) is 0 Å². The fraction of sp³-hybridized carbons (Fsp3) is 0. The van der Waals surface area contributed by atoms with E-state index in [-0.39, 0.29) is 0 Å². The number of aromatic nitrogens is 3. The van der Waals surface area contributed by atoms with Gasteiger partial charge in [0.05, 0.1) is 0 Å². The summed E-state index contributed by atoms with van der Waals surface area (Å²) in [4.78, 5) is 7.00. The molecule has 0 amide bonds. The van der Waals surface area contributed by atoms with Gasteiger partial charge in [-0.2, -0.15) is 0 Å². The molecule has 0 saturated heterocycles. The van der Waals surface area contributed by atoms with Crippen LogP contribution in [-0.2, 0) is 13.7 Å². The van der Waals surface area contributed by atoms with Crippen LogP contribution in [0.15, 0.2) is 36.9 Å². The molecule has 15 heavy (non-hydrogen) atoms. The topological polar surface area (TPSA) is 32.6 Å². The van der Waals surface area contributed by atoms with E-state index in [1.165, 1.54) is 0 Å². The summed E-state index contributed by atoms with van der Waals surface area (Å²) in [5.74, 6) is 0. The average molecular weight is 358 g/mol. The number of hydrogen-bond donors (Lipinski definition) is 1. The summed E-state index contributed by atoms with van der Waals surface area (Å²) in [6, 6.07) is 3.56. The Kier molecular flexibility index (Phi) is 3.34. The molecule has 2 heterocycles. The van der Waals surface area contributed by atoms with E-state index in [0.717, 1.165) is 0 Å². The first-order valence-electron chi connectivity index (χ1n) is 3.84. The van der Waals surface area contributed by atoms with E-state index in [0.29, 0.717) is 9.32 Å². The number of halogens is 3. The van der Waals surface area contributed by atoms with Gasteiger partial charge in [0.25, 0.3) is 0 Å². The fourth-order valence-corrected chi connectivity index (χ4v) is 4.81. The van der Waals surface area contributed by atoms with E-state index in [1.54, 1.807) is 40.1 Å². The molecule has 1 N–H and O–H groups in total. The van der Waals surface area contributed by atoms with Crippen molar-refractivity contribution < 1.29 is 16.9 Å². The Morgan fingerprint density at radius 2 is 2.20 bits per heavy atom. The van der Waals surface area contributed by atoms with Gasteiger partial charge in [0, 0.05) is 0 Å². The number of H-pyrrole nitrogens is 1. The number of imidazole rings is 1. The molecular weight excluding hydrogens is 351 g/mol. The van der Waals surface area contributed by atoms with Gasteiger partial charge in [-0.15, -0.1) is 0 Å². The summed E-state index contributed by atoms with van der Waals surface area (Å²) in [6.45, 7) is 0. The van der Waals surface area contributed by atoms with Crippen molar-refractivity contribution in [1.29, 1.82) is 0 Å². The van der Waals surface area contributed by atoms with E-state index in [2.05, 4.69) is 9.97 Å². The van der Waals surface area contributed by atoms with Crippen LogP contribution in [0, 0.1) is 0 Å². The SMILES string of the molecule is Clc1ccc[n+]([Pd]([Cl])([Cl])[c]2ncc[nH]2)c1. The van der Waals surface area contributed by atoms with E-state index in [1.807, 2.05) is 0 Å². The zero-order valence-corrected chi connectivity index (χ0v) is 11.1. The summed E-state index contributed by atoms with van der Waals surface area (Å²) in [6.07, 6.45) is 6.79. The van der Waals surface area contributed by atoms with Crippen LogP contribution >= 0.6 is 30.7 Å². The van der Waals surface area contributed by atoms with Crippen molar-refractivity contribution in [3.63, 3.8) is 0 Å². The molecule has 0 aromatic carbocycles. The Labute approximate surface area is 103 Å². The normalized spacial score (nSPS) is 12.7. The monoisotopic (exact) mass is 356 g/mol. The summed E-state index contributed by atoms with van der Waals surface area (Å²) in [5.41, 5.74) is 0. The van der Waals surface area contributed by atoms with E-state index in [4.69, 9.17) is 30.7 Å². The van der Waals surface area contributed by atoms with Gasteiger partial charge in [-0.05, 0) is 0 Å². The van der Waals surface area contributed by atoms with Crippen LogP contribution in [0.2, 0.25) is 5.02 Å². The molecule has 2 aromatic heterocycles. The fourth-order valence-electron chi connectivity index (χ4n) is 0.936. The van der Waals surface area contributed by atoms with Crippen molar-refractivity contribution in [2.24, 2.45) is 0 Å². The number of hydrogen-bond acceptors (Lipinski definition) is 1. The Balaban J connectivity index is 2.46. The standard InChI is InChI=1S/C5H4ClN.C3H3N2.2ClH.Pd/c6-5-2-1-3-7-4-5;1-2-5-3-4-1;;;/h1-4H;1-2H,(H,4,5);2*1H;/q;;;;+3/p-2. The Morgan fingerprint density at radius 3 is 2.80 bits per heavy atom. The van der Waals surface area contributed by atoms with Gasteiger partial charge >= 0.3 is 104 Å². The van der Waals surface area contributed by atoms with Gasteiger partial charge in [-0.3, -0.25) is 0 Å². The van der Waals surface area contributed by atoms with Gasteiger partial charge in [-0.25, -0.2) is 0 Å². The molecule has 0 saturated carbocycles. The maximum atomic E-state index is 6.33. The van der Waals surface area contributed by atoms with Gasteiger partial charge in [-0.1, -0.05) is 0 Å². The van der Waals surface area contributed by atoms with Crippen LogP contribution < -0.4 is 7.50 Å². The molecule has 0 spiro atoms. The maximum absolute atomic E-state index is 6.33. The molecule has 0 aliphatic heterocycles. The summed E-state index contributed by atoms with van der Waals surface area (Å²) in [7, 11) is 12.7. The first-order chi connectivity index (χ1) is 7.10. The van der Waals surface area contributed by atoms with Crippen molar-refractivity contribution in [3.8, 4) is 0 Å². The summed E-state index contributed by atoms with van der Waals surface area (Å²) >= 11 is 2.92. The molecule has 0 bridgehead atoms. The minimum absolute atomic E-state index is 0.588. The van der Waals surface area contributed by atoms with Crippen LogP contribution in [0.25, 0.3) is 0 Å². The van der Waals surface area contributed by atoms with E-state index >= 15 is 0 Å². The van der Waals surface area contributed by atoms with Crippen LogP contribution in [0.4, 0.5) is 0 Å². The molecule has 0 aliphatic rings. The molecular formula is C8H7Cl3N3Pd+. The van der Waals surface area contributed by atoms with Crippen molar-refractivity contribution in [2.75, 3.05) is 0 Å². The Bertz CT molecular complexity index is 458. The minimum atomic E-state index is -2.95.